The third kappa shape index (κ3) is 3.50. The summed E-state index contributed by atoms with van der Waals surface area (Å²) >= 11 is 0. The molecule has 0 spiro atoms. The van der Waals surface area contributed by atoms with E-state index in [0.717, 1.165) is 22.2 Å². The van der Waals surface area contributed by atoms with Crippen LogP contribution < -0.4 is 15.6 Å². The zero-order valence-corrected chi connectivity index (χ0v) is 14.8. The van der Waals surface area contributed by atoms with Gasteiger partial charge >= 0.3 is 6.03 Å². The molecule has 0 bridgehead atoms. The highest BCUT2D eigenvalue weighted by Crippen LogP contribution is 2.24. The van der Waals surface area contributed by atoms with Gasteiger partial charge in [0.15, 0.2) is 0 Å². The topological polar surface area (TPSA) is 73.8 Å². The molecule has 2 N–H and O–H groups in total. The summed E-state index contributed by atoms with van der Waals surface area (Å²) in [5.74, 6) is -0.0538. The number of carbonyl (C=O) groups is 2. The molecule has 0 saturated heterocycles. The average Bonchev–Trinajstić information content (AvgIpc) is 3.01. The summed E-state index contributed by atoms with van der Waals surface area (Å²) in [7, 11) is 0. The molecule has 0 unspecified atom stereocenters. The van der Waals surface area contributed by atoms with Crippen molar-refractivity contribution in [3.8, 4) is 0 Å². The SMILES string of the molecule is CC1=NN(c2ccc(NC(=O)Nc3cccc4ccccc34)cc2)C(=O)C1. The van der Waals surface area contributed by atoms with Gasteiger partial charge in [0.05, 0.1) is 17.8 Å². The highest BCUT2D eigenvalue weighted by molar-refractivity contribution is 6.12. The van der Waals surface area contributed by atoms with E-state index in [1.807, 2.05) is 49.4 Å². The minimum absolute atomic E-state index is 0.0538. The second-order valence-electron chi connectivity index (χ2n) is 6.37. The van der Waals surface area contributed by atoms with Gasteiger partial charge < -0.3 is 10.6 Å². The van der Waals surface area contributed by atoms with Gasteiger partial charge in [0, 0.05) is 16.8 Å². The lowest BCUT2D eigenvalue weighted by Crippen LogP contribution is -2.20. The predicted octanol–water partition coefficient (Wildman–Crippen LogP) is 4.60. The lowest BCUT2D eigenvalue weighted by atomic mass is 10.1. The molecule has 4 rings (SSSR count). The first-order valence-electron chi connectivity index (χ1n) is 8.63. The van der Waals surface area contributed by atoms with Crippen LogP contribution in [0.3, 0.4) is 0 Å². The minimum Gasteiger partial charge on any atom is -0.308 e. The van der Waals surface area contributed by atoms with E-state index in [1.54, 1.807) is 24.3 Å². The van der Waals surface area contributed by atoms with E-state index in [-0.39, 0.29) is 11.9 Å². The molecule has 134 valence electrons. The zero-order valence-electron chi connectivity index (χ0n) is 14.8. The second-order valence-corrected chi connectivity index (χ2v) is 6.37. The van der Waals surface area contributed by atoms with E-state index >= 15 is 0 Å². The Hall–Kier alpha value is -3.67. The molecular weight excluding hydrogens is 340 g/mol. The van der Waals surface area contributed by atoms with E-state index in [2.05, 4.69) is 15.7 Å². The van der Waals surface area contributed by atoms with Crippen LogP contribution in [-0.2, 0) is 4.79 Å². The van der Waals surface area contributed by atoms with E-state index in [9.17, 15) is 9.59 Å². The lowest BCUT2D eigenvalue weighted by Gasteiger charge is -2.13. The standard InChI is InChI=1S/C21H18N4O2/c1-14-13-20(26)25(24-14)17-11-9-16(10-12-17)22-21(27)23-19-8-4-6-15-5-2-3-7-18(15)19/h2-12H,13H2,1H3,(H2,22,23,27). The van der Waals surface area contributed by atoms with E-state index in [4.69, 9.17) is 0 Å². The molecule has 0 aromatic heterocycles. The van der Waals surface area contributed by atoms with Crippen LogP contribution in [0.15, 0.2) is 71.8 Å². The van der Waals surface area contributed by atoms with Crippen LogP contribution in [0.1, 0.15) is 13.3 Å². The summed E-state index contributed by atoms with van der Waals surface area (Å²) in [5, 5.41) is 13.3. The van der Waals surface area contributed by atoms with Gasteiger partial charge in [-0.2, -0.15) is 5.10 Å². The Morgan fingerprint density at radius 3 is 2.44 bits per heavy atom. The molecule has 0 saturated carbocycles. The summed E-state index contributed by atoms with van der Waals surface area (Å²) in [6, 6.07) is 20.3. The molecule has 0 fully saturated rings. The van der Waals surface area contributed by atoms with Crippen LogP contribution in [0.2, 0.25) is 0 Å². The number of rotatable bonds is 3. The van der Waals surface area contributed by atoms with Gasteiger partial charge in [0.25, 0.3) is 5.91 Å². The molecule has 6 heteroatoms. The fourth-order valence-electron chi connectivity index (χ4n) is 3.06. The number of hydrazone groups is 1. The molecule has 6 nitrogen and oxygen atoms in total. The largest absolute Gasteiger partial charge is 0.323 e. The molecule has 3 aromatic carbocycles. The van der Waals surface area contributed by atoms with Crippen LogP contribution >= 0.6 is 0 Å². The average molecular weight is 358 g/mol. The number of urea groups is 1. The lowest BCUT2D eigenvalue weighted by molar-refractivity contribution is -0.116. The van der Waals surface area contributed by atoms with Gasteiger partial charge in [-0.3, -0.25) is 4.79 Å². The molecule has 3 aromatic rings. The monoisotopic (exact) mass is 358 g/mol. The van der Waals surface area contributed by atoms with E-state index in [0.29, 0.717) is 17.8 Å². The van der Waals surface area contributed by atoms with Crippen LogP contribution in [0.4, 0.5) is 21.9 Å². The molecule has 0 radical (unpaired) electrons. The highest BCUT2D eigenvalue weighted by atomic mass is 16.2. The van der Waals surface area contributed by atoms with Crippen LogP contribution in [0, 0.1) is 0 Å². The number of hydrogen-bond donors (Lipinski definition) is 2. The normalized spacial score (nSPS) is 13.6. The first kappa shape index (κ1) is 16.8. The van der Waals surface area contributed by atoms with Crippen molar-refractivity contribution in [3.05, 3.63) is 66.7 Å². The number of benzene rings is 3. The summed E-state index contributed by atoms with van der Waals surface area (Å²) in [4.78, 5) is 24.2. The highest BCUT2D eigenvalue weighted by Gasteiger charge is 2.22. The summed E-state index contributed by atoms with van der Waals surface area (Å²) < 4.78 is 0. The number of hydrogen-bond acceptors (Lipinski definition) is 3. The third-order valence-corrected chi connectivity index (χ3v) is 4.32. The van der Waals surface area contributed by atoms with Gasteiger partial charge in [0.1, 0.15) is 0 Å². The van der Waals surface area contributed by atoms with Crippen LogP contribution in [0.5, 0.6) is 0 Å². The number of carbonyl (C=O) groups excluding carboxylic acids is 2. The molecular formula is C21H18N4O2. The van der Waals surface area contributed by atoms with Crippen molar-refractivity contribution in [2.45, 2.75) is 13.3 Å². The van der Waals surface area contributed by atoms with Crippen molar-refractivity contribution in [3.63, 3.8) is 0 Å². The van der Waals surface area contributed by atoms with Crippen molar-refractivity contribution in [1.82, 2.24) is 0 Å². The quantitative estimate of drug-likeness (QED) is 0.718. The van der Waals surface area contributed by atoms with Gasteiger partial charge in [-0.1, -0.05) is 36.4 Å². The Labute approximate surface area is 156 Å². The van der Waals surface area contributed by atoms with E-state index < -0.39 is 0 Å². The maximum atomic E-state index is 12.4. The zero-order chi connectivity index (χ0) is 18.8. The Balaban J connectivity index is 1.46. The number of fused-ring (bicyclic) bond motifs is 1. The molecule has 3 amide bonds. The Morgan fingerprint density at radius 2 is 1.70 bits per heavy atom. The smallest absolute Gasteiger partial charge is 0.308 e. The molecule has 0 atom stereocenters. The molecule has 1 aliphatic rings. The minimum atomic E-state index is -0.329. The Kier molecular flexibility index (Phi) is 4.30. The van der Waals surface area contributed by atoms with Gasteiger partial charge in [-0.05, 0) is 42.6 Å². The van der Waals surface area contributed by atoms with Gasteiger partial charge in [-0.25, -0.2) is 9.80 Å². The number of nitrogens with zero attached hydrogens (tertiary/aromatic N) is 2. The Bertz CT molecular complexity index is 1050. The summed E-state index contributed by atoms with van der Waals surface area (Å²) in [6.45, 7) is 1.82. The molecule has 0 aliphatic carbocycles. The van der Waals surface area contributed by atoms with Gasteiger partial charge in [-0.15, -0.1) is 0 Å². The summed E-state index contributed by atoms with van der Waals surface area (Å²) in [6.07, 6.45) is 0.341. The van der Waals surface area contributed by atoms with Crippen LogP contribution in [0.25, 0.3) is 10.8 Å². The second kappa shape index (κ2) is 6.92. The van der Waals surface area contributed by atoms with Crippen LogP contribution in [-0.4, -0.2) is 17.6 Å². The molecule has 27 heavy (non-hydrogen) atoms. The molecule has 1 heterocycles. The fourth-order valence-corrected chi connectivity index (χ4v) is 3.06. The van der Waals surface area contributed by atoms with Crippen molar-refractivity contribution in [2.24, 2.45) is 5.10 Å². The third-order valence-electron chi connectivity index (χ3n) is 4.32. The first-order valence-corrected chi connectivity index (χ1v) is 8.63. The van der Waals surface area contributed by atoms with E-state index in [1.165, 1.54) is 5.01 Å². The number of amides is 3. The van der Waals surface area contributed by atoms with Crippen molar-refractivity contribution < 1.29 is 9.59 Å². The van der Waals surface area contributed by atoms with Gasteiger partial charge in [0.2, 0.25) is 0 Å². The number of nitrogens with one attached hydrogen (secondary N) is 2. The summed E-state index contributed by atoms with van der Waals surface area (Å²) in [5.41, 5.74) is 2.84. The maximum Gasteiger partial charge on any atom is 0.323 e. The van der Waals surface area contributed by atoms with Crippen molar-refractivity contribution in [1.29, 1.82) is 0 Å². The molecule has 1 aliphatic heterocycles. The fraction of sp³-hybridized carbons (Fsp3) is 0.0952. The number of anilines is 3. The Morgan fingerprint density at radius 1 is 0.963 bits per heavy atom. The van der Waals surface area contributed by atoms with Crippen molar-refractivity contribution in [2.75, 3.05) is 15.6 Å². The van der Waals surface area contributed by atoms with Crippen molar-refractivity contribution >= 4 is 45.5 Å². The first-order chi connectivity index (χ1) is 13.1. The maximum absolute atomic E-state index is 12.4. The predicted molar refractivity (Wildman–Crippen MR) is 108 cm³/mol.